The van der Waals surface area contributed by atoms with Crippen molar-refractivity contribution in [1.82, 2.24) is 10.1 Å². The monoisotopic (exact) mass is 349 g/mol. The Bertz CT molecular complexity index is 951. The number of aromatic nitrogens is 2. The summed E-state index contributed by atoms with van der Waals surface area (Å²) in [5.74, 6) is 1.74. The van der Waals surface area contributed by atoms with Gasteiger partial charge < -0.3 is 14.2 Å². The normalized spacial score (nSPS) is 16.9. The van der Waals surface area contributed by atoms with E-state index in [9.17, 15) is 4.79 Å². The van der Waals surface area contributed by atoms with Gasteiger partial charge in [0.2, 0.25) is 5.91 Å². The van der Waals surface area contributed by atoms with E-state index in [-0.39, 0.29) is 11.8 Å². The Morgan fingerprint density at radius 1 is 1.19 bits per heavy atom. The van der Waals surface area contributed by atoms with Crippen molar-refractivity contribution in [3.63, 3.8) is 0 Å². The van der Waals surface area contributed by atoms with Crippen LogP contribution in [0.15, 0.2) is 53.1 Å². The summed E-state index contributed by atoms with van der Waals surface area (Å²) in [6.45, 7) is 2.53. The zero-order valence-electron chi connectivity index (χ0n) is 14.7. The summed E-state index contributed by atoms with van der Waals surface area (Å²) < 4.78 is 10.7. The summed E-state index contributed by atoms with van der Waals surface area (Å²) in [7, 11) is 1.61. The molecular formula is C20H19N3O3. The van der Waals surface area contributed by atoms with Crippen LogP contribution in [0.1, 0.15) is 23.7 Å². The van der Waals surface area contributed by atoms with E-state index in [2.05, 4.69) is 10.1 Å². The molecule has 3 aromatic rings. The van der Waals surface area contributed by atoms with Gasteiger partial charge in [-0.25, -0.2) is 0 Å². The number of nitrogens with zero attached hydrogens (tertiary/aromatic N) is 3. The molecule has 1 fully saturated rings. The van der Waals surface area contributed by atoms with Crippen molar-refractivity contribution < 1.29 is 14.1 Å². The molecular weight excluding hydrogens is 330 g/mol. The average molecular weight is 349 g/mol. The van der Waals surface area contributed by atoms with Crippen molar-refractivity contribution in [3.05, 3.63) is 59.9 Å². The highest BCUT2D eigenvalue weighted by Crippen LogP contribution is 2.33. The Morgan fingerprint density at radius 2 is 2.04 bits per heavy atom. The second kappa shape index (κ2) is 6.63. The van der Waals surface area contributed by atoms with Gasteiger partial charge in [-0.15, -0.1) is 0 Å². The molecule has 132 valence electrons. The number of carbonyl (C=O) groups is 1. The quantitative estimate of drug-likeness (QED) is 0.720. The molecule has 1 amide bonds. The third kappa shape index (κ3) is 2.94. The summed E-state index contributed by atoms with van der Waals surface area (Å²) in [4.78, 5) is 18.8. The van der Waals surface area contributed by atoms with E-state index in [0.717, 1.165) is 22.6 Å². The van der Waals surface area contributed by atoms with Crippen LogP contribution in [-0.4, -0.2) is 29.7 Å². The third-order valence-electron chi connectivity index (χ3n) is 4.67. The zero-order chi connectivity index (χ0) is 18.1. The first kappa shape index (κ1) is 16.3. The highest BCUT2D eigenvalue weighted by atomic mass is 16.5. The maximum Gasteiger partial charge on any atom is 0.258 e. The molecule has 0 saturated carbocycles. The Hall–Kier alpha value is -3.15. The molecule has 1 saturated heterocycles. The molecule has 2 aromatic carbocycles. The third-order valence-corrected chi connectivity index (χ3v) is 4.67. The van der Waals surface area contributed by atoms with E-state index in [0.29, 0.717) is 24.7 Å². The number of rotatable bonds is 4. The topological polar surface area (TPSA) is 68.5 Å². The van der Waals surface area contributed by atoms with Gasteiger partial charge >= 0.3 is 0 Å². The maximum absolute atomic E-state index is 12.5. The fourth-order valence-electron chi connectivity index (χ4n) is 3.23. The molecule has 0 radical (unpaired) electrons. The lowest BCUT2D eigenvalue weighted by molar-refractivity contribution is -0.117. The van der Waals surface area contributed by atoms with Crippen LogP contribution in [0.4, 0.5) is 5.69 Å². The average Bonchev–Trinajstić information content (AvgIpc) is 3.29. The van der Waals surface area contributed by atoms with E-state index in [1.807, 2.05) is 55.5 Å². The van der Waals surface area contributed by atoms with E-state index in [1.165, 1.54) is 0 Å². The van der Waals surface area contributed by atoms with Crippen molar-refractivity contribution in [2.75, 3.05) is 18.6 Å². The highest BCUT2D eigenvalue weighted by molar-refractivity contribution is 5.96. The van der Waals surface area contributed by atoms with E-state index in [1.54, 1.807) is 12.0 Å². The van der Waals surface area contributed by atoms with Crippen LogP contribution < -0.4 is 9.64 Å². The minimum absolute atomic E-state index is 0.0468. The standard InChI is InChI=1S/C20H19N3O3/c1-13-6-3-4-9-17(13)20-21-19(22-26-20)14-10-18(24)23(12-14)15-7-5-8-16(11-15)25-2/h3-9,11,14H,10,12H2,1-2H3. The molecule has 6 nitrogen and oxygen atoms in total. The van der Waals surface area contributed by atoms with Gasteiger partial charge in [0, 0.05) is 36.2 Å². The first-order valence-electron chi connectivity index (χ1n) is 8.49. The molecule has 0 aliphatic carbocycles. The number of aryl methyl sites for hydroxylation is 1. The number of methoxy groups -OCH3 is 1. The number of hydrogen-bond donors (Lipinski definition) is 0. The van der Waals surface area contributed by atoms with Gasteiger partial charge in [0.05, 0.1) is 7.11 Å². The van der Waals surface area contributed by atoms with Gasteiger partial charge in [0.15, 0.2) is 5.82 Å². The molecule has 1 unspecified atom stereocenters. The smallest absolute Gasteiger partial charge is 0.258 e. The predicted molar refractivity (Wildman–Crippen MR) is 97.2 cm³/mol. The van der Waals surface area contributed by atoms with Gasteiger partial charge in [-0.3, -0.25) is 4.79 Å². The molecule has 1 atom stereocenters. The van der Waals surface area contributed by atoms with Gasteiger partial charge in [-0.2, -0.15) is 4.98 Å². The molecule has 1 aromatic heterocycles. The SMILES string of the molecule is COc1cccc(N2CC(c3noc(-c4ccccc4C)n3)CC2=O)c1. The van der Waals surface area contributed by atoms with Crippen LogP contribution >= 0.6 is 0 Å². The van der Waals surface area contributed by atoms with Crippen LogP contribution in [0.5, 0.6) is 5.75 Å². The molecule has 26 heavy (non-hydrogen) atoms. The van der Waals surface area contributed by atoms with E-state index < -0.39 is 0 Å². The fourth-order valence-corrected chi connectivity index (χ4v) is 3.23. The van der Waals surface area contributed by atoms with Crippen LogP contribution in [0, 0.1) is 6.92 Å². The molecule has 6 heteroatoms. The lowest BCUT2D eigenvalue weighted by Crippen LogP contribution is -2.24. The Kier molecular flexibility index (Phi) is 4.16. The van der Waals surface area contributed by atoms with Crippen molar-refractivity contribution in [2.24, 2.45) is 0 Å². The molecule has 1 aliphatic heterocycles. The van der Waals surface area contributed by atoms with Crippen molar-refractivity contribution in [1.29, 1.82) is 0 Å². The van der Waals surface area contributed by atoms with E-state index in [4.69, 9.17) is 9.26 Å². The first-order valence-corrected chi connectivity index (χ1v) is 8.49. The van der Waals surface area contributed by atoms with Crippen LogP contribution in [0.3, 0.4) is 0 Å². The Morgan fingerprint density at radius 3 is 2.85 bits per heavy atom. The Labute approximate surface area is 151 Å². The zero-order valence-corrected chi connectivity index (χ0v) is 14.7. The fraction of sp³-hybridized carbons (Fsp3) is 0.250. The molecule has 4 rings (SSSR count). The van der Waals surface area contributed by atoms with E-state index >= 15 is 0 Å². The number of ether oxygens (including phenoxy) is 1. The van der Waals surface area contributed by atoms with Gasteiger partial charge in [-0.05, 0) is 30.7 Å². The lowest BCUT2D eigenvalue weighted by atomic mass is 10.1. The summed E-state index contributed by atoms with van der Waals surface area (Å²) in [5.41, 5.74) is 2.81. The molecule has 0 spiro atoms. The van der Waals surface area contributed by atoms with Crippen molar-refractivity contribution >= 4 is 11.6 Å². The number of carbonyl (C=O) groups excluding carboxylic acids is 1. The largest absolute Gasteiger partial charge is 0.497 e. The second-order valence-electron chi connectivity index (χ2n) is 6.38. The first-order chi connectivity index (χ1) is 12.7. The number of anilines is 1. The summed E-state index contributed by atoms with van der Waals surface area (Å²) in [6.07, 6.45) is 0.365. The molecule has 0 bridgehead atoms. The molecule has 1 aliphatic rings. The van der Waals surface area contributed by atoms with Crippen LogP contribution in [0.25, 0.3) is 11.5 Å². The second-order valence-corrected chi connectivity index (χ2v) is 6.38. The van der Waals surface area contributed by atoms with Gasteiger partial charge in [-0.1, -0.05) is 29.4 Å². The van der Waals surface area contributed by atoms with Crippen LogP contribution in [-0.2, 0) is 4.79 Å². The lowest BCUT2D eigenvalue weighted by Gasteiger charge is -2.16. The molecule has 2 heterocycles. The number of amides is 1. The Balaban J connectivity index is 1.57. The van der Waals surface area contributed by atoms with Crippen molar-refractivity contribution in [2.45, 2.75) is 19.3 Å². The maximum atomic E-state index is 12.5. The number of hydrogen-bond acceptors (Lipinski definition) is 5. The summed E-state index contributed by atoms with van der Waals surface area (Å²) in [6, 6.07) is 15.4. The minimum Gasteiger partial charge on any atom is -0.497 e. The summed E-state index contributed by atoms with van der Waals surface area (Å²) in [5, 5.41) is 4.12. The summed E-state index contributed by atoms with van der Waals surface area (Å²) >= 11 is 0. The highest BCUT2D eigenvalue weighted by Gasteiger charge is 2.34. The number of benzene rings is 2. The van der Waals surface area contributed by atoms with Crippen LogP contribution in [0.2, 0.25) is 0 Å². The predicted octanol–water partition coefficient (Wildman–Crippen LogP) is 3.57. The van der Waals surface area contributed by atoms with Gasteiger partial charge in [0.1, 0.15) is 5.75 Å². The minimum atomic E-state index is -0.0878. The molecule has 0 N–H and O–H groups in total. The van der Waals surface area contributed by atoms with Crippen molar-refractivity contribution in [3.8, 4) is 17.2 Å². The van der Waals surface area contributed by atoms with Gasteiger partial charge in [0.25, 0.3) is 5.89 Å².